The van der Waals surface area contributed by atoms with Crippen LogP contribution < -0.4 is 20.1 Å². The van der Waals surface area contributed by atoms with E-state index in [9.17, 15) is 4.79 Å². The van der Waals surface area contributed by atoms with Gasteiger partial charge in [0, 0.05) is 18.3 Å². The minimum absolute atomic E-state index is 0.202. The molecule has 0 radical (unpaired) electrons. The third-order valence-corrected chi connectivity index (χ3v) is 4.44. The number of rotatable bonds is 7. The molecule has 142 valence electrons. The Balaban J connectivity index is 1.27. The average molecular weight is 375 g/mol. The lowest BCUT2D eigenvalue weighted by Crippen LogP contribution is -2.13. The van der Waals surface area contributed by atoms with Crippen LogP contribution in [0.4, 0.5) is 11.4 Å². The van der Waals surface area contributed by atoms with Crippen molar-refractivity contribution >= 4 is 17.3 Å². The van der Waals surface area contributed by atoms with E-state index in [0.717, 1.165) is 25.1 Å². The van der Waals surface area contributed by atoms with Crippen molar-refractivity contribution in [2.75, 3.05) is 24.0 Å². The quantitative estimate of drug-likeness (QED) is 0.608. The first kappa shape index (κ1) is 17.9. The monoisotopic (exact) mass is 375 g/mol. The van der Waals surface area contributed by atoms with Crippen LogP contribution in [0.1, 0.15) is 22.5 Å². The molecule has 0 saturated heterocycles. The number of fused-ring (bicyclic) bond motifs is 1. The first-order valence-corrected chi connectivity index (χ1v) is 9.23. The molecule has 0 unspecified atom stereocenters. The molecular weight excluding hydrogens is 354 g/mol. The lowest BCUT2D eigenvalue weighted by molar-refractivity contribution is 0.102. The van der Waals surface area contributed by atoms with E-state index >= 15 is 0 Å². The van der Waals surface area contributed by atoms with E-state index < -0.39 is 0 Å². The number of hydrogen-bond donors (Lipinski definition) is 2. The zero-order chi connectivity index (χ0) is 19.2. The van der Waals surface area contributed by atoms with Gasteiger partial charge < -0.3 is 20.1 Å². The predicted molar refractivity (Wildman–Crippen MR) is 108 cm³/mol. The van der Waals surface area contributed by atoms with Crippen molar-refractivity contribution in [1.29, 1.82) is 0 Å². The lowest BCUT2D eigenvalue weighted by atomic mass is 10.1. The summed E-state index contributed by atoms with van der Waals surface area (Å²) in [5.74, 6) is 1.04. The Morgan fingerprint density at radius 3 is 2.61 bits per heavy atom. The van der Waals surface area contributed by atoms with Gasteiger partial charge in [-0.25, -0.2) is 4.98 Å². The molecule has 0 atom stereocenters. The van der Waals surface area contributed by atoms with Crippen molar-refractivity contribution in [2.24, 2.45) is 0 Å². The van der Waals surface area contributed by atoms with Crippen molar-refractivity contribution in [2.45, 2.75) is 12.8 Å². The number of pyridine rings is 1. The van der Waals surface area contributed by atoms with Crippen molar-refractivity contribution in [3.05, 3.63) is 78.1 Å². The third kappa shape index (κ3) is 4.40. The smallest absolute Gasteiger partial charge is 0.274 e. The van der Waals surface area contributed by atoms with Crippen LogP contribution in [0.25, 0.3) is 0 Å². The normalized spacial score (nSPS) is 11.9. The Bertz CT molecular complexity index is 943. The molecule has 0 aliphatic carbocycles. The molecule has 6 nitrogen and oxygen atoms in total. The van der Waals surface area contributed by atoms with Crippen molar-refractivity contribution < 1.29 is 14.3 Å². The fourth-order valence-electron chi connectivity index (χ4n) is 2.97. The van der Waals surface area contributed by atoms with Crippen LogP contribution in [0.5, 0.6) is 11.5 Å². The summed E-state index contributed by atoms with van der Waals surface area (Å²) in [4.78, 5) is 16.6. The van der Waals surface area contributed by atoms with Gasteiger partial charge in [-0.3, -0.25) is 4.79 Å². The summed E-state index contributed by atoms with van der Waals surface area (Å²) in [5.41, 5.74) is 3.22. The van der Waals surface area contributed by atoms with Crippen LogP contribution in [0, 0.1) is 0 Å². The summed E-state index contributed by atoms with van der Waals surface area (Å²) in [6.45, 7) is 1.05. The highest BCUT2D eigenvalue weighted by Gasteiger charge is 2.15. The fourth-order valence-corrected chi connectivity index (χ4v) is 2.97. The van der Waals surface area contributed by atoms with Crippen LogP contribution in [-0.2, 0) is 6.42 Å². The Kier molecular flexibility index (Phi) is 5.38. The molecule has 4 rings (SSSR count). The Hall–Kier alpha value is -3.54. The van der Waals surface area contributed by atoms with E-state index in [1.54, 1.807) is 30.5 Å². The Labute approximate surface area is 163 Å². The minimum atomic E-state index is -0.269. The second-order valence-corrected chi connectivity index (χ2v) is 6.47. The SMILES string of the molecule is O=C(Nc1ccc2c(c1)OCO2)c1ccc(NCCCc2ccccc2)cn1. The van der Waals surface area contributed by atoms with Crippen LogP contribution in [-0.4, -0.2) is 24.2 Å². The zero-order valence-corrected chi connectivity index (χ0v) is 15.4. The molecule has 2 N–H and O–H groups in total. The van der Waals surface area contributed by atoms with Crippen LogP contribution >= 0.6 is 0 Å². The summed E-state index contributed by atoms with van der Waals surface area (Å²) >= 11 is 0. The van der Waals surface area contributed by atoms with E-state index in [4.69, 9.17) is 9.47 Å². The molecule has 1 amide bonds. The Morgan fingerprint density at radius 1 is 0.964 bits per heavy atom. The molecule has 6 heteroatoms. The number of carbonyl (C=O) groups excluding carboxylic acids is 1. The van der Waals surface area contributed by atoms with E-state index in [2.05, 4.69) is 39.9 Å². The Morgan fingerprint density at radius 2 is 1.79 bits per heavy atom. The number of aryl methyl sites for hydroxylation is 1. The first-order valence-electron chi connectivity index (χ1n) is 9.23. The topological polar surface area (TPSA) is 72.5 Å². The van der Waals surface area contributed by atoms with Gasteiger partial charge in [0.1, 0.15) is 5.69 Å². The van der Waals surface area contributed by atoms with Gasteiger partial charge in [0.15, 0.2) is 11.5 Å². The number of carbonyl (C=O) groups is 1. The number of amides is 1. The molecule has 0 bridgehead atoms. The van der Waals surface area contributed by atoms with Gasteiger partial charge in [0.2, 0.25) is 6.79 Å². The summed E-state index contributed by atoms with van der Waals surface area (Å²) in [6, 6.07) is 19.3. The van der Waals surface area contributed by atoms with Gasteiger partial charge in [-0.1, -0.05) is 30.3 Å². The second-order valence-electron chi connectivity index (χ2n) is 6.47. The maximum Gasteiger partial charge on any atom is 0.274 e. The number of nitrogens with one attached hydrogen (secondary N) is 2. The summed E-state index contributed by atoms with van der Waals surface area (Å²) < 4.78 is 10.6. The maximum atomic E-state index is 12.4. The molecule has 0 fully saturated rings. The molecule has 1 aromatic heterocycles. The molecule has 0 saturated carbocycles. The number of nitrogens with zero attached hydrogens (tertiary/aromatic N) is 1. The van der Waals surface area contributed by atoms with Gasteiger partial charge in [-0.15, -0.1) is 0 Å². The average Bonchev–Trinajstić information content (AvgIpc) is 3.20. The number of ether oxygens (including phenoxy) is 2. The fraction of sp³-hybridized carbons (Fsp3) is 0.182. The molecule has 1 aliphatic rings. The van der Waals surface area contributed by atoms with Gasteiger partial charge in [-0.2, -0.15) is 0 Å². The van der Waals surface area contributed by atoms with Crippen LogP contribution in [0.15, 0.2) is 66.9 Å². The summed E-state index contributed by atoms with van der Waals surface area (Å²) in [7, 11) is 0. The number of anilines is 2. The molecule has 3 aromatic rings. The highest BCUT2D eigenvalue weighted by molar-refractivity contribution is 6.03. The predicted octanol–water partition coefficient (Wildman–Crippen LogP) is 4.11. The lowest BCUT2D eigenvalue weighted by Gasteiger charge is -2.08. The molecule has 2 aromatic carbocycles. The van der Waals surface area contributed by atoms with E-state index in [1.165, 1.54) is 5.56 Å². The number of benzene rings is 2. The molecule has 0 spiro atoms. The van der Waals surface area contributed by atoms with Gasteiger partial charge in [0.25, 0.3) is 5.91 Å². The van der Waals surface area contributed by atoms with E-state index in [1.807, 2.05) is 12.1 Å². The number of aromatic nitrogens is 1. The highest BCUT2D eigenvalue weighted by atomic mass is 16.7. The molecule has 1 aliphatic heterocycles. The molecule has 2 heterocycles. The third-order valence-electron chi connectivity index (χ3n) is 4.44. The highest BCUT2D eigenvalue weighted by Crippen LogP contribution is 2.34. The molecular formula is C22H21N3O3. The minimum Gasteiger partial charge on any atom is -0.454 e. The van der Waals surface area contributed by atoms with E-state index in [-0.39, 0.29) is 12.7 Å². The van der Waals surface area contributed by atoms with Gasteiger partial charge in [0.05, 0.1) is 11.9 Å². The second kappa shape index (κ2) is 8.43. The van der Waals surface area contributed by atoms with Gasteiger partial charge >= 0.3 is 0 Å². The van der Waals surface area contributed by atoms with Crippen LogP contribution in [0.3, 0.4) is 0 Å². The zero-order valence-electron chi connectivity index (χ0n) is 15.4. The summed E-state index contributed by atoms with van der Waals surface area (Å²) in [6.07, 6.45) is 3.73. The molecule has 28 heavy (non-hydrogen) atoms. The van der Waals surface area contributed by atoms with Gasteiger partial charge in [-0.05, 0) is 42.7 Å². The van der Waals surface area contributed by atoms with E-state index in [0.29, 0.717) is 22.9 Å². The number of hydrogen-bond acceptors (Lipinski definition) is 5. The maximum absolute atomic E-state index is 12.4. The first-order chi connectivity index (χ1) is 13.8. The standard InChI is InChI=1S/C22H21N3O3/c26-22(25-17-9-11-20-21(13-17)28-15-27-20)19-10-8-18(14-24-19)23-12-4-7-16-5-2-1-3-6-16/h1-3,5-6,8-11,13-14,23H,4,7,12,15H2,(H,25,26). The summed E-state index contributed by atoms with van der Waals surface area (Å²) in [5, 5.41) is 6.15. The van der Waals surface area contributed by atoms with Crippen molar-refractivity contribution in [3.63, 3.8) is 0 Å². The largest absolute Gasteiger partial charge is 0.454 e. The van der Waals surface area contributed by atoms with Crippen molar-refractivity contribution in [3.8, 4) is 11.5 Å². The van der Waals surface area contributed by atoms with Crippen LogP contribution in [0.2, 0.25) is 0 Å². The van der Waals surface area contributed by atoms with Crippen molar-refractivity contribution in [1.82, 2.24) is 4.98 Å².